The molecule has 1 fully saturated rings. The molecule has 1 saturated carbocycles. The number of aliphatic hydroxyl groups is 1. The molecule has 0 aromatic heterocycles. The van der Waals surface area contributed by atoms with Crippen molar-refractivity contribution in [2.75, 3.05) is 14.2 Å². The molecule has 6 heteroatoms. The second-order valence-electron chi connectivity index (χ2n) is 6.44. The minimum absolute atomic E-state index is 0.311. The zero-order valence-corrected chi connectivity index (χ0v) is 14.2. The number of esters is 2. The van der Waals surface area contributed by atoms with Gasteiger partial charge in [0, 0.05) is 12.3 Å². The number of carbonyl (C=O) groups is 3. The van der Waals surface area contributed by atoms with Crippen molar-refractivity contribution in [2.45, 2.75) is 31.8 Å². The standard InChI is InChI=1S/C18H22O6/c1-10-5-7-11(8-6-10)13-14(16(20)23-3)12(19)9-18(2,22)15(13)17(21)24-4/h5-8,13-15,22H,9H2,1-4H3/t13-,14-,15-,18+/m1/s1. The average Bonchev–Trinajstić information content (AvgIpc) is 2.53. The van der Waals surface area contributed by atoms with E-state index in [-0.39, 0.29) is 6.42 Å². The summed E-state index contributed by atoms with van der Waals surface area (Å²) in [7, 11) is 2.41. The quantitative estimate of drug-likeness (QED) is 0.663. The van der Waals surface area contributed by atoms with Crippen LogP contribution in [0.5, 0.6) is 0 Å². The lowest BCUT2D eigenvalue weighted by Crippen LogP contribution is -2.55. The Kier molecular flexibility index (Phi) is 5.08. The van der Waals surface area contributed by atoms with E-state index >= 15 is 0 Å². The first kappa shape index (κ1) is 18.1. The van der Waals surface area contributed by atoms with Crippen LogP contribution in [0, 0.1) is 18.8 Å². The molecule has 130 valence electrons. The van der Waals surface area contributed by atoms with Crippen LogP contribution < -0.4 is 0 Å². The monoisotopic (exact) mass is 334 g/mol. The van der Waals surface area contributed by atoms with Gasteiger partial charge in [0.05, 0.1) is 25.7 Å². The normalized spacial score (nSPS) is 29.9. The summed E-state index contributed by atoms with van der Waals surface area (Å²) in [4.78, 5) is 37.1. The molecule has 1 aromatic rings. The Morgan fingerprint density at radius 1 is 1.12 bits per heavy atom. The van der Waals surface area contributed by atoms with Crippen LogP contribution >= 0.6 is 0 Å². The summed E-state index contributed by atoms with van der Waals surface area (Å²) in [5.74, 6) is -4.87. The van der Waals surface area contributed by atoms with Crippen LogP contribution in [0.15, 0.2) is 24.3 Å². The molecular weight excluding hydrogens is 312 g/mol. The van der Waals surface area contributed by atoms with Gasteiger partial charge >= 0.3 is 11.9 Å². The zero-order valence-electron chi connectivity index (χ0n) is 14.2. The van der Waals surface area contributed by atoms with E-state index in [0.29, 0.717) is 5.56 Å². The van der Waals surface area contributed by atoms with Crippen LogP contribution in [0.1, 0.15) is 30.4 Å². The number of ether oxygens (including phenoxy) is 2. The van der Waals surface area contributed by atoms with Crippen LogP contribution in [-0.2, 0) is 23.9 Å². The van der Waals surface area contributed by atoms with Crippen molar-refractivity contribution in [1.29, 1.82) is 0 Å². The van der Waals surface area contributed by atoms with Gasteiger partial charge in [0.15, 0.2) is 5.78 Å². The van der Waals surface area contributed by atoms with E-state index in [4.69, 9.17) is 9.47 Å². The molecule has 2 rings (SSSR count). The van der Waals surface area contributed by atoms with Gasteiger partial charge in [-0.2, -0.15) is 0 Å². The highest BCUT2D eigenvalue weighted by atomic mass is 16.5. The SMILES string of the molecule is COC(=O)[C@@H]1C(=O)C[C@](C)(O)[C@@H](C(=O)OC)[C@@H]1c1ccc(C)cc1. The van der Waals surface area contributed by atoms with Crippen molar-refractivity contribution in [3.63, 3.8) is 0 Å². The van der Waals surface area contributed by atoms with E-state index in [2.05, 4.69) is 0 Å². The zero-order chi connectivity index (χ0) is 18.1. The number of hydrogen-bond acceptors (Lipinski definition) is 6. The molecule has 1 aromatic carbocycles. The van der Waals surface area contributed by atoms with E-state index in [9.17, 15) is 19.5 Å². The predicted octanol–water partition coefficient (Wildman–Crippen LogP) is 1.38. The number of hydrogen-bond donors (Lipinski definition) is 1. The summed E-state index contributed by atoms with van der Waals surface area (Å²) in [6, 6.07) is 7.15. The Morgan fingerprint density at radius 2 is 1.67 bits per heavy atom. The Balaban J connectivity index is 2.63. The first-order chi connectivity index (χ1) is 11.2. The van der Waals surface area contributed by atoms with Crippen LogP contribution in [-0.4, -0.2) is 42.6 Å². The molecule has 6 nitrogen and oxygen atoms in total. The number of aryl methyl sites for hydroxylation is 1. The summed E-state index contributed by atoms with van der Waals surface area (Å²) in [5, 5.41) is 10.7. The van der Waals surface area contributed by atoms with Gasteiger partial charge in [-0.3, -0.25) is 14.4 Å². The van der Waals surface area contributed by atoms with Gasteiger partial charge in [0.2, 0.25) is 0 Å². The van der Waals surface area contributed by atoms with E-state index < -0.39 is 41.1 Å². The summed E-state index contributed by atoms with van der Waals surface area (Å²) < 4.78 is 9.61. The summed E-state index contributed by atoms with van der Waals surface area (Å²) in [6.45, 7) is 3.32. The van der Waals surface area contributed by atoms with Gasteiger partial charge in [0.25, 0.3) is 0 Å². The minimum atomic E-state index is -1.61. The smallest absolute Gasteiger partial charge is 0.316 e. The molecular formula is C18H22O6. The molecule has 0 radical (unpaired) electrons. The first-order valence-corrected chi connectivity index (χ1v) is 7.70. The largest absolute Gasteiger partial charge is 0.469 e. The summed E-state index contributed by atoms with van der Waals surface area (Å²) in [6.07, 6.45) is -0.311. The molecule has 0 heterocycles. The third kappa shape index (κ3) is 3.19. The molecule has 0 spiro atoms. The molecule has 0 saturated heterocycles. The molecule has 0 amide bonds. The summed E-state index contributed by atoms with van der Waals surface area (Å²) >= 11 is 0. The van der Waals surface area contributed by atoms with Crippen molar-refractivity contribution >= 4 is 17.7 Å². The third-order valence-corrected chi connectivity index (χ3v) is 4.64. The Labute approximate surface area is 140 Å². The first-order valence-electron chi connectivity index (χ1n) is 7.70. The second kappa shape index (κ2) is 6.73. The van der Waals surface area contributed by atoms with Gasteiger partial charge in [-0.05, 0) is 19.4 Å². The van der Waals surface area contributed by atoms with Crippen molar-refractivity contribution in [2.24, 2.45) is 11.8 Å². The maximum Gasteiger partial charge on any atom is 0.316 e. The van der Waals surface area contributed by atoms with Crippen LogP contribution in [0.2, 0.25) is 0 Å². The van der Waals surface area contributed by atoms with E-state index in [1.807, 2.05) is 19.1 Å². The van der Waals surface area contributed by atoms with Crippen LogP contribution in [0.3, 0.4) is 0 Å². The third-order valence-electron chi connectivity index (χ3n) is 4.64. The van der Waals surface area contributed by atoms with Crippen molar-refractivity contribution < 1.29 is 29.0 Å². The number of benzene rings is 1. The average molecular weight is 334 g/mol. The second-order valence-corrected chi connectivity index (χ2v) is 6.44. The number of rotatable bonds is 3. The Morgan fingerprint density at radius 3 is 2.17 bits per heavy atom. The molecule has 0 bridgehead atoms. The number of carbonyl (C=O) groups excluding carboxylic acids is 3. The number of Topliss-reactive ketones (excluding diaryl/α,β-unsaturated/α-hetero) is 1. The highest BCUT2D eigenvalue weighted by Crippen LogP contribution is 2.46. The fourth-order valence-corrected chi connectivity index (χ4v) is 3.46. The molecule has 1 aliphatic rings. The van der Waals surface area contributed by atoms with Gasteiger partial charge < -0.3 is 14.6 Å². The number of methoxy groups -OCH3 is 2. The number of ketones is 1. The molecule has 1 aliphatic carbocycles. The maximum absolute atomic E-state index is 12.5. The van der Waals surface area contributed by atoms with Crippen molar-refractivity contribution in [1.82, 2.24) is 0 Å². The fraction of sp³-hybridized carbons (Fsp3) is 0.500. The lowest BCUT2D eigenvalue weighted by Gasteiger charge is -2.43. The van der Waals surface area contributed by atoms with Crippen LogP contribution in [0.4, 0.5) is 0 Å². The van der Waals surface area contributed by atoms with Crippen molar-refractivity contribution in [3.05, 3.63) is 35.4 Å². The topological polar surface area (TPSA) is 89.9 Å². The minimum Gasteiger partial charge on any atom is -0.469 e. The molecule has 1 N–H and O–H groups in total. The summed E-state index contributed by atoms with van der Waals surface area (Å²) in [5.41, 5.74) is 0.00108. The molecule has 0 aliphatic heterocycles. The van der Waals surface area contributed by atoms with E-state index in [0.717, 1.165) is 5.56 Å². The van der Waals surface area contributed by atoms with Gasteiger partial charge in [-0.15, -0.1) is 0 Å². The fourth-order valence-electron chi connectivity index (χ4n) is 3.46. The van der Waals surface area contributed by atoms with Crippen molar-refractivity contribution in [3.8, 4) is 0 Å². The van der Waals surface area contributed by atoms with Gasteiger partial charge in [-0.1, -0.05) is 29.8 Å². The molecule has 0 unspecified atom stereocenters. The van der Waals surface area contributed by atoms with E-state index in [1.165, 1.54) is 21.1 Å². The molecule has 24 heavy (non-hydrogen) atoms. The maximum atomic E-state index is 12.5. The highest BCUT2D eigenvalue weighted by molar-refractivity contribution is 6.02. The Bertz CT molecular complexity index is 646. The molecule has 4 atom stereocenters. The highest BCUT2D eigenvalue weighted by Gasteiger charge is 2.56. The lowest BCUT2D eigenvalue weighted by atomic mass is 9.61. The van der Waals surface area contributed by atoms with Gasteiger partial charge in [0.1, 0.15) is 5.92 Å². The van der Waals surface area contributed by atoms with E-state index in [1.54, 1.807) is 12.1 Å². The Hall–Kier alpha value is -2.21. The van der Waals surface area contributed by atoms with Crippen LogP contribution in [0.25, 0.3) is 0 Å². The lowest BCUT2D eigenvalue weighted by molar-refractivity contribution is -0.170. The van der Waals surface area contributed by atoms with Gasteiger partial charge in [-0.25, -0.2) is 0 Å². The predicted molar refractivity (Wildman–Crippen MR) is 85.2 cm³/mol.